The lowest BCUT2D eigenvalue weighted by Crippen LogP contribution is -2.03. The third kappa shape index (κ3) is 2.86. The van der Waals surface area contributed by atoms with E-state index in [1.54, 1.807) is 4.68 Å². The molecular weight excluding hydrogens is 234 g/mol. The second kappa shape index (κ2) is 5.32. The summed E-state index contributed by atoms with van der Waals surface area (Å²) in [5.74, 6) is 0.635. The van der Waals surface area contributed by atoms with Crippen LogP contribution in [-0.2, 0) is 6.54 Å². The molecule has 0 atom stereocenters. The highest BCUT2D eigenvalue weighted by molar-refractivity contribution is 6.31. The van der Waals surface area contributed by atoms with E-state index in [4.69, 9.17) is 11.6 Å². The average Bonchev–Trinajstić information content (AvgIpc) is 2.69. The van der Waals surface area contributed by atoms with E-state index in [1.807, 2.05) is 30.3 Å². The van der Waals surface area contributed by atoms with Crippen LogP contribution in [-0.4, -0.2) is 15.0 Å². The molecule has 1 aromatic carbocycles. The molecule has 1 aromatic heterocycles. The van der Waals surface area contributed by atoms with E-state index < -0.39 is 0 Å². The topological polar surface area (TPSA) is 30.7 Å². The molecule has 0 aliphatic rings. The molecule has 90 valence electrons. The van der Waals surface area contributed by atoms with E-state index in [0.717, 1.165) is 24.2 Å². The van der Waals surface area contributed by atoms with Gasteiger partial charge in [-0.05, 0) is 12.3 Å². The third-order valence-corrected chi connectivity index (χ3v) is 3.01. The van der Waals surface area contributed by atoms with Crippen molar-refractivity contribution in [2.75, 3.05) is 0 Å². The Morgan fingerprint density at radius 1 is 1.24 bits per heavy atom. The van der Waals surface area contributed by atoms with Gasteiger partial charge >= 0.3 is 0 Å². The van der Waals surface area contributed by atoms with Crippen molar-refractivity contribution in [1.82, 2.24) is 15.0 Å². The maximum Gasteiger partial charge on any atom is 0.155 e. The van der Waals surface area contributed by atoms with Crippen LogP contribution >= 0.6 is 11.6 Å². The van der Waals surface area contributed by atoms with E-state index in [9.17, 15) is 0 Å². The molecule has 0 fully saturated rings. The molecule has 0 spiro atoms. The fourth-order valence-electron chi connectivity index (χ4n) is 1.60. The van der Waals surface area contributed by atoms with E-state index in [0.29, 0.717) is 11.1 Å². The van der Waals surface area contributed by atoms with Gasteiger partial charge in [0.2, 0.25) is 0 Å². The highest BCUT2D eigenvalue weighted by atomic mass is 35.5. The summed E-state index contributed by atoms with van der Waals surface area (Å²) in [5.41, 5.74) is 1.77. The first-order chi connectivity index (χ1) is 8.18. The predicted molar refractivity (Wildman–Crippen MR) is 69.9 cm³/mol. The quantitative estimate of drug-likeness (QED) is 0.828. The Kier molecular flexibility index (Phi) is 3.79. The van der Waals surface area contributed by atoms with Gasteiger partial charge in [0.05, 0.1) is 0 Å². The van der Waals surface area contributed by atoms with Crippen LogP contribution in [0.3, 0.4) is 0 Å². The van der Waals surface area contributed by atoms with Crippen LogP contribution < -0.4 is 0 Å². The smallest absolute Gasteiger partial charge is 0.155 e. The number of aryl methyl sites for hydroxylation is 1. The van der Waals surface area contributed by atoms with Crippen LogP contribution in [0.25, 0.3) is 11.3 Å². The van der Waals surface area contributed by atoms with E-state index in [-0.39, 0.29) is 0 Å². The summed E-state index contributed by atoms with van der Waals surface area (Å²) in [6.45, 7) is 5.18. The van der Waals surface area contributed by atoms with Crippen molar-refractivity contribution in [2.45, 2.75) is 26.8 Å². The first kappa shape index (κ1) is 12.1. The monoisotopic (exact) mass is 249 g/mol. The lowest BCUT2D eigenvalue weighted by atomic mass is 10.1. The predicted octanol–water partition coefficient (Wildman–Crippen LogP) is 3.64. The van der Waals surface area contributed by atoms with Gasteiger partial charge < -0.3 is 0 Å². The minimum atomic E-state index is 0.622. The molecule has 2 rings (SSSR count). The molecule has 0 saturated carbocycles. The molecule has 0 radical (unpaired) electrons. The van der Waals surface area contributed by atoms with Gasteiger partial charge in [0.1, 0.15) is 5.69 Å². The first-order valence-corrected chi connectivity index (χ1v) is 6.20. The van der Waals surface area contributed by atoms with Crippen molar-refractivity contribution in [3.8, 4) is 11.3 Å². The highest BCUT2D eigenvalue weighted by Crippen LogP contribution is 2.25. The van der Waals surface area contributed by atoms with Crippen molar-refractivity contribution in [3.05, 3.63) is 35.5 Å². The summed E-state index contributed by atoms with van der Waals surface area (Å²) in [6.07, 6.45) is 1.05. The van der Waals surface area contributed by atoms with Gasteiger partial charge in [-0.2, -0.15) is 0 Å². The maximum absolute atomic E-state index is 6.28. The summed E-state index contributed by atoms with van der Waals surface area (Å²) >= 11 is 6.28. The Morgan fingerprint density at radius 2 is 1.94 bits per heavy atom. The number of hydrogen-bond donors (Lipinski definition) is 0. The molecule has 0 aliphatic carbocycles. The number of nitrogens with zero attached hydrogens (tertiary/aromatic N) is 3. The molecule has 4 heteroatoms. The second-order valence-corrected chi connectivity index (χ2v) is 4.86. The largest absolute Gasteiger partial charge is 0.233 e. The number of rotatable bonds is 4. The van der Waals surface area contributed by atoms with E-state index >= 15 is 0 Å². The average molecular weight is 250 g/mol. The minimum Gasteiger partial charge on any atom is -0.233 e. The normalized spacial score (nSPS) is 11.1. The number of aromatic nitrogens is 3. The Labute approximate surface area is 106 Å². The summed E-state index contributed by atoms with van der Waals surface area (Å²) in [6, 6.07) is 9.89. The Bertz CT molecular complexity index is 477. The zero-order valence-electron chi connectivity index (χ0n) is 10.1. The van der Waals surface area contributed by atoms with Crippen molar-refractivity contribution in [3.63, 3.8) is 0 Å². The van der Waals surface area contributed by atoms with Gasteiger partial charge in [-0.1, -0.05) is 61.0 Å². The Morgan fingerprint density at radius 3 is 2.59 bits per heavy atom. The van der Waals surface area contributed by atoms with Crippen LogP contribution in [0.2, 0.25) is 5.15 Å². The fraction of sp³-hybridized carbons (Fsp3) is 0.385. The van der Waals surface area contributed by atoms with Gasteiger partial charge in [-0.3, -0.25) is 0 Å². The molecule has 3 nitrogen and oxygen atoms in total. The van der Waals surface area contributed by atoms with Crippen molar-refractivity contribution < 1.29 is 0 Å². The molecule has 0 saturated heterocycles. The van der Waals surface area contributed by atoms with E-state index in [1.165, 1.54) is 0 Å². The van der Waals surface area contributed by atoms with Crippen LogP contribution in [0.5, 0.6) is 0 Å². The molecule has 0 N–H and O–H groups in total. The number of halogens is 1. The Balaban J connectivity index is 2.21. The molecule has 2 aromatic rings. The SMILES string of the molecule is CC(C)CCn1nnc(-c2ccccc2)c1Cl. The summed E-state index contributed by atoms with van der Waals surface area (Å²) in [7, 11) is 0. The lowest BCUT2D eigenvalue weighted by Gasteiger charge is -2.04. The summed E-state index contributed by atoms with van der Waals surface area (Å²) < 4.78 is 1.77. The third-order valence-electron chi connectivity index (χ3n) is 2.64. The maximum atomic E-state index is 6.28. The zero-order chi connectivity index (χ0) is 12.3. The minimum absolute atomic E-state index is 0.622. The van der Waals surface area contributed by atoms with Crippen LogP contribution in [0.1, 0.15) is 20.3 Å². The van der Waals surface area contributed by atoms with Crippen molar-refractivity contribution >= 4 is 11.6 Å². The highest BCUT2D eigenvalue weighted by Gasteiger charge is 2.12. The lowest BCUT2D eigenvalue weighted by molar-refractivity contribution is 0.478. The Hall–Kier alpha value is -1.35. The summed E-state index contributed by atoms with van der Waals surface area (Å²) in [4.78, 5) is 0. The fourth-order valence-corrected chi connectivity index (χ4v) is 1.86. The van der Waals surface area contributed by atoms with Gasteiger partial charge in [-0.15, -0.1) is 5.10 Å². The van der Waals surface area contributed by atoms with Gasteiger partial charge in [0, 0.05) is 12.1 Å². The number of benzene rings is 1. The van der Waals surface area contributed by atoms with Crippen molar-refractivity contribution in [2.24, 2.45) is 5.92 Å². The van der Waals surface area contributed by atoms with Crippen LogP contribution in [0.15, 0.2) is 30.3 Å². The second-order valence-electron chi connectivity index (χ2n) is 4.50. The molecule has 17 heavy (non-hydrogen) atoms. The van der Waals surface area contributed by atoms with Crippen LogP contribution in [0.4, 0.5) is 0 Å². The first-order valence-electron chi connectivity index (χ1n) is 5.83. The van der Waals surface area contributed by atoms with Crippen molar-refractivity contribution in [1.29, 1.82) is 0 Å². The van der Waals surface area contributed by atoms with Gasteiger partial charge in [-0.25, -0.2) is 4.68 Å². The summed E-state index contributed by atoms with van der Waals surface area (Å²) in [5, 5.41) is 8.87. The van der Waals surface area contributed by atoms with Gasteiger partial charge in [0.25, 0.3) is 0 Å². The van der Waals surface area contributed by atoms with E-state index in [2.05, 4.69) is 24.2 Å². The number of hydrogen-bond acceptors (Lipinski definition) is 2. The molecule has 0 amide bonds. The standard InChI is InChI=1S/C13H16ClN3/c1-10(2)8-9-17-13(14)12(15-16-17)11-6-4-3-5-7-11/h3-7,10H,8-9H2,1-2H3. The molecule has 0 unspecified atom stereocenters. The molecular formula is C13H16ClN3. The van der Waals surface area contributed by atoms with Crippen LogP contribution in [0, 0.1) is 5.92 Å². The van der Waals surface area contributed by atoms with Gasteiger partial charge in [0.15, 0.2) is 5.15 Å². The molecule has 0 bridgehead atoms. The zero-order valence-corrected chi connectivity index (χ0v) is 10.9. The molecule has 1 heterocycles. The molecule has 0 aliphatic heterocycles.